The first-order valence-electron chi connectivity index (χ1n) is 15.0. The van der Waals surface area contributed by atoms with Gasteiger partial charge in [0.2, 0.25) is 11.9 Å². The molecule has 2 aromatic carbocycles. The van der Waals surface area contributed by atoms with Gasteiger partial charge in [-0.05, 0) is 63.1 Å². The van der Waals surface area contributed by atoms with E-state index >= 15 is 0 Å². The zero-order valence-corrected chi connectivity index (χ0v) is 26.3. The summed E-state index contributed by atoms with van der Waals surface area (Å²) in [6.45, 7) is 10.3. The van der Waals surface area contributed by atoms with Gasteiger partial charge >= 0.3 is 0 Å². The van der Waals surface area contributed by atoms with Gasteiger partial charge < -0.3 is 25.6 Å². The van der Waals surface area contributed by atoms with Crippen LogP contribution in [0.5, 0.6) is 5.75 Å². The van der Waals surface area contributed by atoms with Crippen LogP contribution >= 0.6 is 0 Å². The molecule has 0 spiro atoms. The highest BCUT2D eigenvalue weighted by atomic mass is 32.2. The van der Waals surface area contributed by atoms with Gasteiger partial charge in [-0.25, -0.2) is 13.4 Å². The molecule has 0 atom stereocenters. The Morgan fingerprint density at radius 1 is 1.07 bits per heavy atom. The number of aromatic nitrogens is 2. The van der Waals surface area contributed by atoms with Crippen LogP contribution < -0.4 is 25.6 Å². The second-order valence-electron chi connectivity index (χ2n) is 11.3. The molecule has 3 heterocycles. The average molecular weight is 631 g/mol. The van der Waals surface area contributed by atoms with Crippen molar-refractivity contribution in [2.24, 2.45) is 0 Å². The van der Waals surface area contributed by atoms with E-state index in [4.69, 9.17) is 4.74 Å². The fourth-order valence-corrected chi connectivity index (χ4v) is 6.73. The first-order chi connectivity index (χ1) is 21.6. The lowest BCUT2D eigenvalue weighted by Gasteiger charge is -2.41. The van der Waals surface area contributed by atoms with Crippen molar-refractivity contribution in [2.75, 3.05) is 58.5 Å². The Labute approximate surface area is 264 Å². The van der Waals surface area contributed by atoms with E-state index in [1.807, 2.05) is 56.3 Å². The van der Waals surface area contributed by atoms with Gasteiger partial charge in [0.1, 0.15) is 17.4 Å². The maximum Gasteiger partial charge on any atom is 0.247 e. The van der Waals surface area contributed by atoms with E-state index < -0.39 is 9.84 Å². The van der Waals surface area contributed by atoms with E-state index in [2.05, 4.69) is 48.4 Å². The number of carbonyl (C=O) groups is 1. The molecule has 2 saturated heterocycles. The van der Waals surface area contributed by atoms with Crippen LogP contribution in [0, 0.1) is 11.3 Å². The lowest BCUT2D eigenvalue weighted by molar-refractivity contribution is -0.111. The average Bonchev–Trinajstić information content (AvgIpc) is 3.03. The summed E-state index contributed by atoms with van der Waals surface area (Å²) >= 11 is 0. The van der Waals surface area contributed by atoms with E-state index in [0.29, 0.717) is 47.8 Å². The van der Waals surface area contributed by atoms with Crippen LogP contribution in [0.3, 0.4) is 0 Å². The van der Waals surface area contributed by atoms with Crippen LogP contribution in [0.1, 0.15) is 32.3 Å². The summed E-state index contributed by atoms with van der Waals surface area (Å²) in [6.07, 6.45) is 4.45. The molecule has 2 aliphatic rings. The van der Waals surface area contributed by atoms with Crippen molar-refractivity contribution in [2.45, 2.75) is 38.8 Å². The van der Waals surface area contributed by atoms with Gasteiger partial charge in [0, 0.05) is 37.9 Å². The highest BCUT2D eigenvalue weighted by Crippen LogP contribution is 2.33. The van der Waals surface area contributed by atoms with Crippen molar-refractivity contribution in [3.8, 4) is 11.8 Å². The van der Waals surface area contributed by atoms with Crippen molar-refractivity contribution in [1.82, 2.24) is 14.9 Å². The Balaban J connectivity index is 1.33. The normalized spacial score (nSPS) is 16.9. The summed E-state index contributed by atoms with van der Waals surface area (Å²) in [5.41, 5.74) is 2.95. The molecule has 5 rings (SSSR count). The number of sulfone groups is 1. The van der Waals surface area contributed by atoms with Crippen molar-refractivity contribution < 1.29 is 17.9 Å². The summed E-state index contributed by atoms with van der Waals surface area (Å²) in [5, 5.41) is 19.0. The summed E-state index contributed by atoms with van der Waals surface area (Å²) in [6, 6.07) is 15.6. The number of hydrogen-bond acceptors (Lipinski definition) is 11. The number of ether oxygens (including phenoxy) is 1. The van der Waals surface area contributed by atoms with E-state index in [1.54, 1.807) is 0 Å². The van der Waals surface area contributed by atoms with Gasteiger partial charge in [-0.1, -0.05) is 18.7 Å². The van der Waals surface area contributed by atoms with Gasteiger partial charge in [0.15, 0.2) is 15.7 Å². The van der Waals surface area contributed by atoms with E-state index in [-0.39, 0.29) is 35.0 Å². The zero-order chi connectivity index (χ0) is 32.0. The molecule has 13 heteroatoms. The number of benzene rings is 2. The number of rotatable bonds is 10. The van der Waals surface area contributed by atoms with Crippen molar-refractivity contribution >= 4 is 50.3 Å². The van der Waals surface area contributed by atoms with Crippen LogP contribution in [-0.2, 0) is 14.6 Å². The topological polar surface area (TPSA) is 153 Å². The third-order valence-corrected chi connectivity index (χ3v) is 9.44. The van der Waals surface area contributed by atoms with Crippen LogP contribution in [0.25, 0.3) is 0 Å². The number of nitrogens with zero attached hydrogens (tertiary/aromatic N) is 5. The quantitative estimate of drug-likeness (QED) is 0.273. The monoisotopic (exact) mass is 630 g/mol. The predicted molar refractivity (Wildman–Crippen MR) is 176 cm³/mol. The van der Waals surface area contributed by atoms with Gasteiger partial charge in [0.25, 0.3) is 0 Å². The number of carbonyl (C=O) groups excluding carboxylic acids is 1. The number of para-hydroxylation sites is 2. The Kier molecular flexibility index (Phi) is 9.85. The largest absolute Gasteiger partial charge is 0.489 e. The smallest absolute Gasteiger partial charge is 0.247 e. The SMILES string of the molecule is C=CC(=O)Nc1cc(N2CCC(N3CCS(=O)(=O)CC3)CC2)ccc1Nc1ncc(C#N)c(Nc2ccccc2OC(C)C)n1. The highest BCUT2D eigenvalue weighted by Gasteiger charge is 2.30. The number of amides is 1. The summed E-state index contributed by atoms with van der Waals surface area (Å²) in [7, 11) is -2.91. The number of nitriles is 1. The summed E-state index contributed by atoms with van der Waals surface area (Å²) < 4.78 is 29.6. The standard InChI is InChI=1S/C32H38N8O4S/c1-4-30(41)35-28-19-25(39-13-11-24(12-14-39)40-15-17-45(42,43)18-16-40)9-10-26(28)37-32-34-21-23(20-33)31(38-32)36-27-7-5-6-8-29(27)44-22(2)3/h4-10,19,21-22,24H,1,11-18H2,2-3H3,(H,35,41)(H2,34,36,37,38). The Morgan fingerprint density at radius 2 is 1.80 bits per heavy atom. The van der Waals surface area contributed by atoms with Crippen LogP contribution in [-0.4, -0.2) is 79.0 Å². The number of anilines is 6. The van der Waals surface area contributed by atoms with Gasteiger partial charge in [-0.2, -0.15) is 10.2 Å². The molecule has 1 amide bonds. The molecule has 1 aromatic heterocycles. The van der Waals surface area contributed by atoms with E-state index in [9.17, 15) is 18.5 Å². The van der Waals surface area contributed by atoms with E-state index in [1.165, 1.54) is 12.3 Å². The minimum atomic E-state index is -2.91. The lowest BCUT2D eigenvalue weighted by Crippen LogP contribution is -2.50. The minimum absolute atomic E-state index is 0.0413. The summed E-state index contributed by atoms with van der Waals surface area (Å²) in [5.74, 6) is 1.26. The Morgan fingerprint density at radius 3 is 2.49 bits per heavy atom. The molecule has 0 bridgehead atoms. The number of piperidine rings is 1. The molecule has 3 aromatic rings. The molecule has 2 aliphatic heterocycles. The molecule has 0 radical (unpaired) electrons. The predicted octanol–water partition coefficient (Wildman–Crippen LogP) is 4.45. The van der Waals surface area contributed by atoms with Crippen LogP contribution in [0.15, 0.2) is 61.3 Å². The van der Waals surface area contributed by atoms with Gasteiger partial charge in [0.05, 0.1) is 40.9 Å². The maximum atomic E-state index is 12.4. The number of hydrogen-bond donors (Lipinski definition) is 3. The highest BCUT2D eigenvalue weighted by molar-refractivity contribution is 7.91. The molecule has 236 valence electrons. The van der Waals surface area contributed by atoms with Crippen molar-refractivity contribution in [3.63, 3.8) is 0 Å². The zero-order valence-electron chi connectivity index (χ0n) is 25.5. The Bertz CT molecular complexity index is 1680. The second kappa shape index (κ2) is 14.0. The second-order valence-corrected chi connectivity index (χ2v) is 13.6. The fourth-order valence-electron chi connectivity index (χ4n) is 5.50. The Hall–Kier alpha value is -4.67. The lowest BCUT2D eigenvalue weighted by atomic mass is 10.0. The van der Waals surface area contributed by atoms with Crippen molar-refractivity contribution in [3.05, 3.63) is 66.9 Å². The molecule has 12 nitrogen and oxygen atoms in total. The molecule has 45 heavy (non-hydrogen) atoms. The fraction of sp³-hybridized carbons (Fsp3) is 0.375. The molecule has 0 aliphatic carbocycles. The van der Waals surface area contributed by atoms with Crippen molar-refractivity contribution in [1.29, 1.82) is 5.26 Å². The first kappa shape index (κ1) is 31.7. The van der Waals surface area contributed by atoms with Crippen LogP contribution in [0.4, 0.5) is 34.5 Å². The molecular formula is C32H38N8O4S. The van der Waals surface area contributed by atoms with Crippen LogP contribution in [0.2, 0.25) is 0 Å². The number of nitrogens with one attached hydrogen (secondary N) is 3. The molecule has 0 saturated carbocycles. The maximum absolute atomic E-state index is 12.4. The molecule has 2 fully saturated rings. The third kappa shape index (κ3) is 8.09. The summed E-state index contributed by atoms with van der Waals surface area (Å²) in [4.78, 5) is 25.8. The van der Waals surface area contributed by atoms with Gasteiger partial charge in [-0.15, -0.1) is 0 Å². The van der Waals surface area contributed by atoms with Gasteiger partial charge in [-0.3, -0.25) is 9.69 Å². The molecule has 0 unspecified atom stereocenters. The molecule has 3 N–H and O–H groups in total. The molecular weight excluding hydrogens is 592 g/mol. The third-order valence-electron chi connectivity index (χ3n) is 7.83. The van der Waals surface area contributed by atoms with E-state index in [0.717, 1.165) is 31.6 Å². The minimum Gasteiger partial charge on any atom is -0.489 e. The first-order valence-corrected chi connectivity index (χ1v) is 16.8.